The SMILES string of the molecule is Cc1ccc(C(=O)N2CCC(NC(=O)[C@@H]3[C@H](C(=O)O)C3(C)C)CC2)cc1. The van der Waals surface area contributed by atoms with E-state index in [1.165, 1.54) is 0 Å². The van der Waals surface area contributed by atoms with Gasteiger partial charge in [-0.15, -0.1) is 0 Å². The smallest absolute Gasteiger partial charge is 0.307 e. The van der Waals surface area contributed by atoms with Crippen molar-refractivity contribution in [1.82, 2.24) is 10.2 Å². The maximum atomic E-state index is 12.5. The van der Waals surface area contributed by atoms with Gasteiger partial charge in [0.1, 0.15) is 0 Å². The largest absolute Gasteiger partial charge is 0.481 e. The van der Waals surface area contributed by atoms with Crippen LogP contribution in [0.25, 0.3) is 0 Å². The average Bonchev–Trinajstić information content (AvgIpc) is 3.18. The van der Waals surface area contributed by atoms with Gasteiger partial charge in [0, 0.05) is 24.7 Å². The molecule has 0 unspecified atom stereocenters. The van der Waals surface area contributed by atoms with Gasteiger partial charge in [0.05, 0.1) is 11.8 Å². The predicted molar refractivity (Wildman–Crippen MR) is 96.6 cm³/mol. The molecule has 1 saturated carbocycles. The van der Waals surface area contributed by atoms with Gasteiger partial charge in [-0.3, -0.25) is 14.4 Å². The molecule has 3 rings (SSSR count). The molecule has 0 radical (unpaired) electrons. The molecular weight excluding hydrogens is 332 g/mol. The van der Waals surface area contributed by atoms with E-state index in [2.05, 4.69) is 5.32 Å². The van der Waals surface area contributed by atoms with Crippen molar-refractivity contribution in [3.05, 3.63) is 35.4 Å². The second-order valence-corrected chi connectivity index (χ2v) is 8.06. The van der Waals surface area contributed by atoms with E-state index in [4.69, 9.17) is 0 Å². The van der Waals surface area contributed by atoms with Crippen molar-refractivity contribution >= 4 is 17.8 Å². The second-order valence-electron chi connectivity index (χ2n) is 8.06. The zero-order valence-electron chi connectivity index (χ0n) is 15.5. The molecule has 140 valence electrons. The molecule has 1 aliphatic carbocycles. The fourth-order valence-electron chi connectivity index (χ4n) is 3.98. The number of carboxylic acids is 1. The number of piperidine rings is 1. The highest BCUT2D eigenvalue weighted by molar-refractivity contribution is 5.94. The molecule has 1 aromatic rings. The Labute approximate surface area is 153 Å². The number of carboxylic acid groups (broad SMARTS) is 1. The first-order valence-corrected chi connectivity index (χ1v) is 9.11. The molecule has 6 nitrogen and oxygen atoms in total. The van der Waals surface area contributed by atoms with Crippen molar-refractivity contribution < 1.29 is 19.5 Å². The summed E-state index contributed by atoms with van der Waals surface area (Å²) in [6.07, 6.45) is 1.38. The molecule has 0 spiro atoms. The van der Waals surface area contributed by atoms with E-state index in [9.17, 15) is 19.5 Å². The van der Waals surface area contributed by atoms with Crippen molar-refractivity contribution in [2.45, 2.75) is 39.7 Å². The third kappa shape index (κ3) is 3.45. The van der Waals surface area contributed by atoms with E-state index in [0.717, 1.165) is 5.56 Å². The van der Waals surface area contributed by atoms with E-state index in [1.54, 1.807) is 0 Å². The van der Waals surface area contributed by atoms with Crippen LogP contribution >= 0.6 is 0 Å². The van der Waals surface area contributed by atoms with Crippen molar-refractivity contribution in [3.8, 4) is 0 Å². The molecule has 1 aliphatic heterocycles. The Bertz CT molecular complexity index is 718. The lowest BCUT2D eigenvalue weighted by Crippen LogP contribution is -2.47. The second kappa shape index (κ2) is 6.74. The Balaban J connectivity index is 1.51. The molecule has 6 heteroatoms. The van der Waals surface area contributed by atoms with Gasteiger partial charge in [-0.1, -0.05) is 31.5 Å². The number of hydrogen-bond acceptors (Lipinski definition) is 3. The van der Waals surface area contributed by atoms with Crippen LogP contribution in [0.4, 0.5) is 0 Å². The molecule has 0 aromatic heterocycles. The van der Waals surface area contributed by atoms with Gasteiger partial charge in [-0.25, -0.2) is 0 Å². The molecule has 2 fully saturated rings. The lowest BCUT2D eigenvalue weighted by atomic mass is 10.0. The van der Waals surface area contributed by atoms with Crippen LogP contribution in [0.2, 0.25) is 0 Å². The van der Waals surface area contributed by atoms with E-state index < -0.39 is 23.2 Å². The fraction of sp³-hybridized carbons (Fsp3) is 0.550. The molecule has 1 aromatic carbocycles. The Morgan fingerprint density at radius 3 is 2.15 bits per heavy atom. The highest BCUT2D eigenvalue weighted by atomic mass is 16.4. The molecule has 0 bridgehead atoms. The van der Waals surface area contributed by atoms with Gasteiger partial charge in [-0.2, -0.15) is 0 Å². The van der Waals surface area contributed by atoms with Gasteiger partial charge in [0.2, 0.25) is 5.91 Å². The number of nitrogens with one attached hydrogen (secondary N) is 1. The average molecular weight is 358 g/mol. The minimum atomic E-state index is -0.909. The molecule has 2 atom stereocenters. The van der Waals surface area contributed by atoms with Crippen LogP contribution in [0.5, 0.6) is 0 Å². The number of hydrogen-bond donors (Lipinski definition) is 2. The monoisotopic (exact) mass is 358 g/mol. The fourth-order valence-corrected chi connectivity index (χ4v) is 3.98. The Hall–Kier alpha value is -2.37. The number of aliphatic carboxylic acids is 1. The number of aryl methyl sites for hydroxylation is 1. The Kier molecular flexibility index (Phi) is 4.78. The van der Waals surface area contributed by atoms with Crippen LogP contribution in [0, 0.1) is 24.2 Å². The summed E-state index contributed by atoms with van der Waals surface area (Å²) in [7, 11) is 0. The zero-order valence-corrected chi connectivity index (χ0v) is 15.5. The quantitative estimate of drug-likeness (QED) is 0.863. The van der Waals surface area contributed by atoms with Crippen LogP contribution in [-0.4, -0.2) is 46.9 Å². The van der Waals surface area contributed by atoms with Gasteiger partial charge in [0.25, 0.3) is 5.91 Å². The van der Waals surface area contributed by atoms with Crippen LogP contribution < -0.4 is 5.32 Å². The summed E-state index contributed by atoms with van der Waals surface area (Å²) in [5, 5.41) is 12.2. The maximum Gasteiger partial charge on any atom is 0.307 e. The third-order valence-corrected chi connectivity index (χ3v) is 5.80. The van der Waals surface area contributed by atoms with Crippen LogP contribution in [0.15, 0.2) is 24.3 Å². The van der Waals surface area contributed by atoms with Crippen molar-refractivity contribution in [2.24, 2.45) is 17.3 Å². The minimum absolute atomic E-state index is 0.00425. The normalized spacial score (nSPS) is 24.8. The van der Waals surface area contributed by atoms with Gasteiger partial charge < -0.3 is 15.3 Å². The van der Waals surface area contributed by atoms with Gasteiger partial charge >= 0.3 is 5.97 Å². The molecule has 26 heavy (non-hydrogen) atoms. The minimum Gasteiger partial charge on any atom is -0.481 e. The van der Waals surface area contributed by atoms with E-state index in [1.807, 2.05) is 49.9 Å². The number of likely N-dealkylation sites (tertiary alicyclic amines) is 1. The number of carbonyl (C=O) groups is 3. The topological polar surface area (TPSA) is 86.7 Å². The Morgan fingerprint density at radius 2 is 1.65 bits per heavy atom. The number of rotatable bonds is 4. The molecule has 2 N–H and O–H groups in total. The van der Waals surface area contributed by atoms with E-state index in [-0.39, 0.29) is 17.9 Å². The van der Waals surface area contributed by atoms with Crippen molar-refractivity contribution in [3.63, 3.8) is 0 Å². The first-order chi connectivity index (χ1) is 12.2. The number of benzene rings is 1. The van der Waals surface area contributed by atoms with E-state index >= 15 is 0 Å². The molecular formula is C20H26N2O4. The lowest BCUT2D eigenvalue weighted by molar-refractivity contribution is -0.140. The van der Waals surface area contributed by atoms with Crippen molar-refractivity contribution in [1.29, 1.82) is 0 Å². The first kappa shape index (κ1) is 18.4. The van der Waals surface area contributed by atoms with Crippen molar-refractivity contribution in [2.75, 3.05) is 13.1 Å². The van der Waals surface area contributed by atoms with E-state index in [0.29, 0.717) is 31.5 Å². The predicted octanol–water partition coefficient (Wildman–Crippen LogP) is 2.07. The highest BCUT2D eigenvalue weighted by Crippen LogP contribution is 2.58. The summed E-state index contributed by atoms with van der Waals surface area (Å²) < 4.78 is 0. The number of carbonyl (C=O) groups excluding carboxylic acids is 2. The zero-order chi connectivity index (χ0) is 19.1. The molecule has 1 saturated heterocycles. The third-order valence-electron chi connectivity index (χ3n) is 5.80. The number of amides is 2. The van der Waals surface area contributed by atoms with Gasteiger partial charge in [0.15, 0.2) is 0 Å². The van der Waals surface area contributed by atoms with Crippen LogP contribution in [-0.2, 0) is 9.59 Å². The Morgan fingerprint density at radius 1 is 1.08 bits per heavy atom. The summed E-state index contributed by atoms with van der Waals surface area (Å²) in [6.45, 7) is 6.80. The standard InChI is InChI=1S/C20H26N2O4/c1-12-4-6-13(7-5-12)18(24)22-10-8-14(9-11-22)21-17(23)15-16(19(25)26)20(15,2)3/h4-7,14-16H,8-11H2,1-3H3,(H,21,23)(H,25,26)/t15-,16+/m0/s1. The molecule has 2 aliphatic rings. The summed E-state index contributed by atoms with van der Waals surface area (Å²) in [5.74, 6) is -2.14. The first-order valence-electron chi connectivity index (χ1n) is 9.11. The summed E-state index contributed by atoms with van der Waals surface area (Å²) in [5.41, 5.74) is 1.31. The maximum absolute atomic E-state index is 12.5. The van der Waals surface area contributed by atoms with Crippen LogP contribution in [0.1, 0.15) is 42.6 Å². The van der Waals surface area contributed by atoms with Crippen LogP contribution in [0.3, 0.4) is 0 Å². The summed E-state index contributed by atoms with van der Waals surface area (Å²) >= 11 is 0. The number of nitrogens with zero attached hydrogens (tertiary/aromatic N) is 1. The molecule has 1 heterocycles. The highest BCUT2D eigenvalue weighted by Gasteiger charge is 2.66. The lowest BCUT2D eigenvalue weighted by Gasteiger charge is -2.32. The summed E-state index contributed by atoms with van der Waals surface area (Å²) in [4.78, 5) is 38.0. The molecule has 2 amide bonds. The summed E-state index contributed by atoms with van der Waals surface area (Å²) in [6, 6.07) is 7.53. The van der Waals surface area contributed by atoms with Gasteiger partial charge in [-0.05, 0) is 37.3 Å².